The summed E-state index contributed by atoms with van der Waals surface area (Å²) >= 11 is 0. The third kappa shape index (κ3) is 5.55. The van der Waals surface area contributed by atoms with Crippen LogP contribution in [-0.4, -0.2) is 27.3 Å². The van der Waals surface area contributed by atoms with Crippen LogP contribution < -0.4 is 20.3 Å². The Labute approximate surface area is 185 Å². The number of para-hydroxylation sites is 2. The first kappa shape index (κ1) is 22.6. The summed E-state index contributed by atoms with van der Waals surface area (Å²) < 4.78 is 37.9. The van der Waals surface area contributed by atoms with Crippen molar-refractivity contribution in [2.24, 2.45) is 0 Å². The molecule has 0 radical (unpaired) electrons. The van der Waals surface area contributed by atoms with Crippen molar-refractivity contribution in [2.45, 2.75) is 11.8 Å². The molecule has 0 fully saturated rings. The highest BCUT2D eigenvalue weighted by molar-refractivity contribution is 7.92. The highest BCUT2D eigenvalue weighted by Crippen LogP contribution is 2.26. The lowest BCUT2D eigenvalue weighted by Crippen LogP contribution is -2.40. The van der Waals surface area contributed by atoms with Crippen LogP contribution in [0.1, 0.15) is 21.7 Å². The number of benzene rings is 2. The number of carbonyl (C=O) groups is 2. The van der Waals surface area contributed by atoms with E-state index in [0.717, 1.165) is 0 Å². The highest BCUT2D eigenvalue weighted by atomic mass is 32.2. The third-order valence-corrected chi connectivity index (χ3v) is 5.75. The minimum absolute atomic E-state index is 0.0488. The summed E-state index contributed by atoms with van der Waals surface area (Å²) in [5, 5.41) is 0. The molecule has 0 aliphatic rings. The molecule has 2 aromatic carbocycles. The Bertz CT molecular complexity index is 1250. The number of anilines is 1. The Morgan fingerprint density at radius 2 is 1.72 bits per heavy atom. The van der Waals surface area contributed by atoms with E-state index in [2.05, 4.69) is 15.6 Å². The minimum atomic E-state index is -3.83. The summed E-state index contributed by atoms with van der Waals surface area (Å²) in [4.78, 5) is 23.9. The van der Waals surface area contributed by atoms with Gasteiger partial charge in [-0.15, -0.1) is 0 Å². The molecule has 0 unspecified atom stereocenters. The molecule has 32 heavy (non-hydrogen) atoms. The number of hydrogen-bond acceptors (Lipinski definition) is 6. The lowest BCUT2D eigenvalue weighted by molar-refractivity contribution is -0.117. The number of amides is 2. The van der Waals surface area contributed by atoms with Gasteiger partial charge in [0.25, 0.3) is 21.8 Å². The van der Waals surface area contributed by atoms with E-state index in [1.165, 1.54) is 43.7 Å². The predicted molar refractivity (Wildman–Crippen MR) is 118 cm³/mol. The molecule has 3 aromatic rings. The molecule has 1 aromatic heterocycles. The third-order valence-electron chi connectivity index (χ3n) is 4.37. The first-order chi connectivity index (χ1) is 15.3. The van der Waals surface area contributed by atoms with Gasteiger partial charge in [0.15, 0.2) is 0 Å². The first-order valence-corrected chi connectivity index (χ1v) is 10.9. The van der Waals surface area contributed by atoms with E-state index in [-0.39, 0.29) is 4.90 Å². The monoisotopic (exact) mass is 455 g/mol. The Balaban J connectivity index is 1.60. The zero-order valence-electron chi connectivity index (χ0n) is 17.3. The first-order valence-electron chi connectivity index (χ1n) is 9.38. The van der Waals surface area contributed by atoms with Gasteiger partial charge in [0.2, 0.25) is 0 Å². The van der Waals surface area contributed by atoms with Gasteiger partial charge in [-0.05, 0) is 48.9 Å². The average Bonchev–Trinajstić information content (AvgIpc) is 3.22. The van der Waals surface area contributed by atoms with Gasteiger partial charge in [-0.25, -0.2) is 8.42 Å². The van der Waals surface area contributed by atoms with Crippen molar-refractivity contribution in [1.29, 1.82) is 0 Å². The number of sulfonamides is 1. The molecule has 0 spiro atoms. The second-order valence-electron chi connectivity index (χ2n) is 6.54. The van der Waals surface area contributed by atoms with Crippen molar-refractivity contribution in [3.05, 3.63) is 83.8 Å². The standard InChI is InChI=1S/C22H21N3O6S/c1-15-18(13-14-31-15)22(27)24-23-21(26)12-9-16-7-10-17(11-8-16)32(28,29)25-19-5-3-4-6-20(19)30-2/h3-14,25H,1-2H3,(H,23,26)(H,24,27). The molecule has 0 atom stereocenters. The molecule has 2 amide bonds. The zero-order valence-corrected chi connectivity index (χ0v) is 18.1. The summed E-state index contributed by atoms with van der Waals surface area (Å²) in [5.41, 5.74) is 5.76. The number of hydrogen-bond donors (Lipinski definition) is 3. The van der Waals surface area contributed by atoms with Crippen molar-refractivity contribution in [1.82, 2.24) is 10.9 Å². The van der Waals surface area contributed by atoms with E-state index >= 15 is 0 Å². The minimum Gasteiger partial charge on any atom is -0.495 e. The lowest BCUT2D eigenvalue weighted by Gasteiger charge is -2.11. The van der Waals surface area contributed by atoms with Gasteiger partial charge in [0.1, 0.15) is 11.5 Å². The van der Waals surface area contributed by atoms with Gasteiger partial charge >= 0.3 is 0 Å². The average molecular weight is 455 g/mol. The van der Waals surface area contributed by atoms with E-state index in [0.29, 0.717) is 28.3 Å². The second kappa shape index (κ2) is 9.84. The maximum Gasteiger partial charge on any atom is 0.273 e. The maximum absolute atomic E-state index is 12.6. The number of carbonyl (C=O) groups excluding carboxylic acids is 2. The second-order valence-corrected chi connectivity index (χ2v) is 8.22. The molecule has 0 saturated heterocycles. The molecule has 0 aliphatic heterocycles. The van der Waals surface area contributed by atoms with Crippen molar-refractivity contribution in [3.8, 4) is 5.75 Å². The van der Waals surface area contributed by atoms with E-state index in [4.69, 9.17) is 9.15 Å². The highest BCUT2D eigenvalue weighted by Gasteiger charge is 2.16. The van der Waals surface area contributed by atoms with E-state index < -0.39 is 21.8 Å². The Morgan fingerprint density at radius 3 is 2.38 bits per heavy atom. The fraction of sp³-hybridized carbons (Fsp3) is 0.0909. The summed E-state index contributed by atoms with van der Waals surface area (Å²) in [6.07, 6.45) is 4.06. The zero-order chi connectivity index (χ0) is 23.1. The number of aryl methyl sites for hydroxylation is 1. The molecule has 9 nitrogen and oxygen atoms in total. The number of nitrogens with one attached hydrogen (secondary N) is 3. The quantitative estimate of drug-likeness (QED) is 0.371. The van der Waals surface area contributed by atoms with Crippen LogP contribution in [0.5, 0.6) is 5.75 Å². The SMILES string of the molecule is COc1ccccc1NS(=O)(=O)c1ccc(C=CC(=O)NNC(=O)c2ccoc2C)cc1. The largest absolute Gasteiger partial charge is 0.495 e. The number of methoxy groups -OCH3 is 1. The van der Waals surface area contributed by atoms with E-state index in [1.54, 1.807) is 43.3 Å². The summed E-state index contributed by atoms with van der Waals surface area (Å²) in [5.74, 6) is -0.233. The molecule has 0 aliphatic carbocycles. The Kier molecular flexibility index (Phi) is 6.96. The van der Waals surface area contributed by atoms with Crippen molar-refractivity contribution >= 4 is 33.6 Å². The van der Waals surface area contributed by atoms with Crippen LogP contribution in [0.2, 0.25) is 0 Å². The van der Waals surface area contributed by atoms with Gasteiger partial charge in [-0.2, -0.15) is 0 Å². The van der Waals surface area contributed by atoms with Gasteiger partial charge in [-0.3, -0.25) is 25.2 Å². The van der Waals surface area contributed by atoms with Crippen LogP contribution >= 0.6 is 0 Å². The van der Waals surface area contributed by atoms with Crippen molar-refractivity contribution < 1.29 is 27.2 Å². The van der Waals surface area contributed by atoms with Crippen LogP contribution in [0.4, 0.5) is 5.69 Å². The molecule has 3 N–H and O–H groups in total. The molecule has 0 saturated carbocycles. The van der Waals surface area contributed by atoms with Crippen LogP contribution in [0, 0.1) is 6.92 Å². The van der Waals surface area contributed by atoms with E-state index in [9.17, 15) is 18.0 Å². The van der Waals surface area contributed by atoms with Gasteiger partial charge < -0.3 is 9.15 Å². The van der Waals surface area contributed by atoms with Crippen LogP contribution in [0.25, 0.3) is 6.08 Å². The molecule has 10 heteroatoms. The summed E-state index contributed by atoms with van der Waals surface area (Å²) in [6, 6.07) is 14.1. The molecule has 0 bridgehead atoms. The predicted octanol–water partition coefficient (Wildman–Crippen LogP) is 2.87. The Morgan fingerprint density at radius 1 is 1.00 bits per heavy atom. The van der Waals surface area contributed by atoms with Gasteiger partial charge in [-0.1, -0.05) is 24.3 Å². The number of furan rings is 1. The fourth-order valence-corrected chi connectivity index (χ4v) is 3.78. The molecular formula is C22H21N3O6S. The lowest BCUT2D eigenvalue weighted by atomic mass is 10.2. The molecule has 166 valence electrons. The van der Waals surface area contributed by atoms with Crippen LogP contribution in [0.15, 0.2) is 76.2 Å². The van der Waals surface area contributed by atoms with Gasteiger partial charge in [0.05, 0.1) is 29.5 Å². The number of rotatable bonds is 7. The molecule has 3 rings (SSSR count). The van der Waals surface area contributed by atoms with Crippen molar-refractivity contribution in [3.63, 3.8) is 0 Å². The fourth-order valence-electron chi connectivity index (χ4n) is 2.71. The molecule has 1 heterocycles. The Hall–Kier alpha value is -4.05. The smallest absolute Gasteiger partial charge is 0.273 e. The maximum atomic E-state index is 12.6. The van der Waals surface area contributed by atoms with Crippen molar-refractivity contribution in [2.75, 3.05) is 11.8 Å². The van der Waals surface area contributed by atoms with Gasteiger partial charge in [0, 0.05) is 6.08 Å². The normalized spacial score (nSPS) is 11.2. The number of hydrazine groups is 1. The topological polar surface area (TPSA) is 127 Å². The van der Waals surface area contributed by atoms with Crippen LogP contribution in [0.3, 0.4) is 0 Å². The van der Waals surface area contributed by atoms with E-state index in [1.807, 2.05) is 0 Å². The number of ether oxygens (including phenoxy) is 1. The molecular weight excluding hydrogens is 434 g/mol. The summed E-state index contributed by atoms with van der Waals surface area (Å²) in [7, 11) is -2.37. The summed E-state index contributed by atoms with van der Waals surface area (Å²) in [6.45, 7) is 1.63. The van der Waals surface area contributed by atoms with Crippen LogP contribution in [-0.2, 0) is 14.8 Å².